The van der Waals surface area contributed by atoms with Gasteiger partial charge in [-0.25, -0.2) is 22.2 Å². The molecule has 1 fully saturated rings. The number of aryl methyl sites for hydroxylation is 1. The highest BCUT2D eigenvalue weighted by Crippen LogP contribution is 2.33. The molecule has 3 aromatic rings. The number of benzene rings is 2. The number of amides is 1. The smallest absolute Gasteiger partial charge is 0.258 e. The second kappa shape index (κ2) is 10.9. The molecule has 0 aliphatic carbocycles. The third kappa shape index (κ3) is 5.23. The Kier molecular flexibility index (Phi) is 8.70. The average molecular weight is 507 g/mol. The number of carbonyl (C=O) groups is 1. The summed E-state index contributed by atoms with van der Waals surface area (Å²) in [7, 11) is 1.62. The minimum absolute atomic E-state index is 0. The largest absolute Gasteiger partial charge is 0.472 e. The van der Waals surface area contributed by atoms with Gasteiger partial charge in [0, 0.05) is 13.6 Å². The highest BCUT2D eigenvalue weighted by Gasteiger charge is 2.26. The number of halogens is 6. The van der Waals surface area contributed by atoms with E-state index in [0.717, 1.165) is 43.3 Å². The highest BCUT2D eigenvalue weighted by atomic mass is 35.5. The van der Waals surface area contributed by atoms with Crippen molar-refractivity contribution in [2.45, 2.75) is 12.5 Å². The van der Waals surface area contributed by atoms with Crippen LogP contribution in [0.1, 0.15) is 16.8 Å². The Hall–Kier alpha value is -2.82. The Labute approximate surface area is 199 Å². The number of rotatable bonds is 5. The number of anilines is 1. The maximum Gasteiger partial charge on any atom is 0.258 e. The van der Waals surface area contributed by atoms with Gasteiger partial charge in [-0.05, 0) is 37.2 Å². The van der Waals surface area contributed by atoms with Crippen molar-refractivity contribution in [3.05, 3.63) is 65.4 Å². The van der Waals surface area contributed by atoms with Crippen LogP contribution in [-0.4, -0.2) is 34.9 Å². The van der Waals surface area contributed by atoms with Crippen molar-refractivity contribution in [1.29, 1.82) is 0 Å². The molecule has 178 valence electrons. The Balaban J connectivity index is 0.00000193. The van der Waals surface area contributed by atoms with E-state index >= 15 is 4.39 Å². The van der Waals surface area contributed by atoms with Gasteiger partial charge in [-0.1, -0.05) is 6.07 Å². The standard InChI is InChI=1S/C21H18F4N4O2.2ClH/c1-29-21(31-11-7-8-26-9-11)16(10-27-29)28-20(30)12-5-6-15(24)18(19(12)25)17-13(22)3-2-4-14(17)23;;/h2-6,10-11,26H,7-9H2,1H3,(H,28,30);2*1H/t11-;;/m0../s1. The van der Waals surface area contributed by atoms with Crippen molar-refractivity contribution in [3.8, 4) is 17.0 Å². The summed E-state index contributed by atoms with van der Waals surface area (Å²) in [6, 6.07) is 4.51. The molecule has 0 spiro atoms. The van der Waals surface area contributed by atoms with E-state index in [0.29, 0.717) is 6.54 Å². The zero-order chi connectivity index (χ0) is 22.1. The molecule has 1 atom stereocenters. The summed E-state index contributed by atoms with van der Waals surface area (Å²) < 4.78 is 64.9. The first-order valence-corrected chi connectivity index (χ1v) is 9.50. The molecular formula is C21H20Cl2F4N4O2. The van der Waals surface area contributed by atoms with Gasteiger partial charge in [0.15, 0.2) is 0 Å². The number of hydrogen-bond donors (Lipinski definition) is 2. The average Bonchev–Trinajstić information content (AvgIpc) is 3.35. The molecule has 0 saturated carbocycles. The molecule has 2 N–H and O–H groups in total. The van der Waals surface area contributed by atoms with Crippen LogP contribution >= 0.6 is 24.8 Å². The van der Waals surface area contributed by atoms with Crippen LogP contribution in [-0.2, 0) is 7.05 Å². The van der Waals surface area contributed by atoms with Crippen LogP contribution < -0.4 is 15.4 Å². The molecule has 2 heterocycles. The van der Waals surface area contributed by atoms with Crippen LogP contribution in [0.4, 0.5) is 23.2 Å². The summed E-state index contributed by atoms with van der Waals surface area (Å²) in [5.41, 5.74) is -2.24. The number of aromatic nitrogens is 2. The van der Waals surface area contributed by atoms with E-state index < -0.39 is 45.9 Å². The maximum absolute atomic E-state index is 15.1. The van der Waals surface area contributed by atoms with E-state index in [9.17, 15) is 18.0 Å². The van der Waals surface area contributed by atoms with Gasteiger partial charge in [-0.2, -0.15) is 5.10 Å². The van der Waals surface area contributed by atoms with Crippen LogP contribution in [0.25, 0.3) is 11.1 Å². The van der Waals surface area contributed by atoms with Crippen molar-refractivity contribution < 1.29 is 27.1 Å². The van der Waals surface area contributed by atoms with E-state index in [2.05, 4.69) is 15.7 Å². The van der Waals surface area contributed by atoms with E-state index in [1.165, 1.54) is 10.9 Å². The predicted molar refractivity (Wildman–Crippen MR) is 119 cm³/mol. The summed E-state index contributed by atoms with van der Waals surface area (Å²) in [6.45, 7) is 1.42. The Bertz CT molecular complexity index is 1130. The zero-order valence-electron chi connectivity index (χ0n) is 17.2. The van der Waals surface area contributed by atoms with Crippen LogP contribution in [0.3, 0.4) is 0 Å². The number of nitrogens with zero attached hydrogens (tertiary/aromatic N) is 2. The third-order valence-corrected chi connectivity index (χ3v) is 4.97. The van der Waals surface area contributed by atoms with Crippen LogP contribution in [0.5, 0.6) is 5.88 Å². The van der Waals surface area contributed by atoms with Crippen LogP contribution in [0, 0.1) is 23.3 Å². The quantitative estimate of drug-likeness (QED) is 0.500. The number of ether oxygens (including phenoxy) is 1. The molecular weight excluding hydrogens is 487 g/mol. The molecule has 1 saturated heterocycles. The minimum atomic E-state index is -1.38. The zero-order valence-corrected chi connectivity index (χ0v) is 18.8. The molecule has 33 heavy (non-hydrogen) atoms. The fourth-order valence-corrected chi connectivity index (χ4v) is 3.42. The third-order valence-electron chi connectivity index (χ3n) is 4.97. The second-order valence-electron chi connectivity index (χ2n) is 7.05. The molecule has 6 nitrogen and oxygen atoms in total. The Morgan fingerprint density at radius 3 is 2.39 bits per heavy atom. The topological polar surface area (TPSA) is 68.2 Å². The number of nitrogens with one attached hydrogen (secondary N) is 2. The lowest BCUT2D eigenvalue weighted by Crippen LogP contribution is -2.22. The summed E-state index contributed by atoms with van der Waals surface area (Å²) in [4.78, 5) is 12.7. The van der Waals surface area contributed by atoms with Crippen LogP contribution in [0.15, 0.2) is 36.5 Å². The molecule has 1 aliphatic rings. The van der Waals surface area contributed by atoms with Gasteiger partial charge in [0.05, 0.1) is 22.9 Å². The van der Waals surface area contributed by atoms with Crippen molar-refractivity contribution in [2.24, 2.45) is 7.05 Å². The van der Waals surface area contributed by atoms with Gasteiger partial charge in [0.2, 0.25) is 5.88 Å². The van der Waals surface area contributed by atoms with E-state index in [-0.39, 0.29) is 42.5 Å². The first-order chi connectivity index (χ1) is 14.9. The number of carbonyl (C=O) groups excluding carboxylic acids is 1. The van der Waals surface area contributed by atoms with Crippen molar-refractivity contribution in [3.63, 3.8) is 0 Å². The lowest BCUT2D eigenvalue weighted by atomic mass is 9.99. The number of hydrogen-bond acceptors (Lipinski definition) is 4. The fourth-order valence-electron chi connectivity index (χ4n) is 3.42. The van der Waals surface area contributed by atoms with Gasteiger partial charge in [0.25, 0.3) is 5.91 Å². The lowest BCUT2D eigenvalue weighted by Gasteiger charge is -2.15. The SMILES string of the molecule is Cl.Cl.Cn1ncc(NC(=O)c2ccc(F)c(-c3c(F)cccc3F)c2F)c1O[C@H]1CCNC1. The maximum atomic E-state index is 15.1. The summed E-state index contributed by atoms with van der Waals surface area (Å²) in [5.74, 6) is -5.56. The molecule has 1 aliphatic heterocycles. The van der Waals surface area contributed by atoms with E-state index in [4.69, 9.17) is 4.74 Å². The van der Waals surface area contributed by atoms with Crippen molar-refractivity contribution in [1.82, 2.24) is 15.1 Å². The predicted octanol–water partition coefficient (Wildman–Crippen LogP) is 4.48. The normalized spacial score (nSPS) is 14.9. The minimum Gasteiger partial charge on any atom is -0.472 e. The van der Waals surface area contributed by atoms with Gasteiger partial charge in [-0.3, -0.25) is 4.79 Å². The summed E-state index contributed by atoms with van der Waals surface area (Å²) >= 11 is 0. The molecule has 2 aromatic carbocycles. The molecule has 1 amide bonds. The van der Waals surface area contributed by atoms with Gasteiger partial charge in [0.1, 0.15) is 35.1 Å². The molecule has 1 aromatic heterocycles. The first kappa shape index (κ1) is 26.4. The highest BCUT2D eigenvalue weighted by molar-refractivity contribution is 6.05. The van der Waals surface area contributed by atoms with Gasteiger partial charge in [-0.15, -0.1) is 24.8 Å². The van der Waals surface area contributed by atoms with Crippen molar-refractivity contribution >= 4 is 36.4 Å². The molecule has 0 radical (unpaired) electrons. The van der Waals surface area contributed by atoms with Gasteiger partial charge < -0.3 is 15.4 Å². The monoisotopic (exact) mass is 506 g/mol. The lowest BCUT2D eigenvalue weighted by molar-refractivity contribution is 0.102. The summed E-state index contributed by atoms with van der Waals surface area (Å²) in [6.07, 6.45) is 1.97. The first-order valence-electron chi connectivity index (χ1n) is 9.50. The van der Waals surface area contributed by atoms with Gasteiger partial charge >= 0.3 is 0 Å². The summed E-state index contributed by atoms with van der Waals surface area (Å²) in [5, 5.41) is 9.65. The van der Waals surface area contributed by atoms with E-state index in [1.54, 1.807) is 7.05 Å². The van der Waals surface area contributed by atoms with Crippen molar-refractivity contribution in [2.75, 3.05) is 18.4 Å². The fraction of sp³-hybridized carbons (Fsp3) is 0.238. The Morgan fingerprint density at radius 2 is 1.76 bits per heavy atom. The molecule has 0 bridgehead atoms. The van der Waals surface area contributed by atoms with E-state index in [1.807, 2.05) is 0 Å². The molecule has 4 rings (SSSR count). The molecule has 12 heteroatoms. The molecule has 0 unspecified atom stereocenters. The van der Waals surface area contributed by atoms with Crippen LogP contribution in [0.2, 0.25) is 0 Å². The second-order valence-corrected chi connectivity index (χ2v) is 7.05. The Morgan fingerprint density at radius 1 is 1.09 bits per heavy atom.